The fourth-order valence-electron chi connectivity index (χ4n) is 4.58. The quantitative estimate of drug-likeness (QED) is 0.435. The molecule has 160 valence electrons. The third-order valence-corrected chi connectivity index (χ3v) is 6.92. The van der Waals surface area contributed by atoms with E-state index >= 15 is 0 Å². The first kappa shape index (κ1) is 23.1. The summed E-state index contributed by atoms with van der Waals surface area (Å²) in [4.78, 5) is 23.2. The van der Waals surface area contributed by atoms with Gasteiger partial charge in [-0.15, -0.1) is 0 Å². The zero-order valence-electron chi connectivity index (χ0n) is 17.6. The fraction of sp³-hybridized carbons (Fsp3) is 0.826. The molecule has 0 aromatic carbocycles. The number of carboxylic acids is 1. The van der Waals surface area contributed by atoms with Crippen LogP contribution in [0.1, 0.15) is 78.6 Å². The lowest BCUT2D eigenvalue weighted by Crippen LogP contribution is -2.31. The Kier molecular flexibility index (Phi) is 8.26. The average molecular weight is 395 g/mol. The van der Waals surface area contributed by atoms with Crippen molar-refractivity contribution in [3.05, 3.63) is 12.2 Å². The topological polar surface area (TPSA) is 94.8 Å². The van der Waals surface area contributed by atoms with Gasteiger partial charge >= 0.3 is 5.97 Å². The van der Waals surface area contributed by atoms with Crippen molar-refractivity contribution in [1.82, 2.24) is 0 Å². The lowest BCUT2D eigenvalue weighted by Gasteiger charge is -2.32. The van der Waals surface area contributed by atoms with Crippen LogP contribution in [-0.2, 0) is 9.59 Å². The average Bonchev–Trinajstić information content (AvgIpc) is 3.35. The van der Waals surface area contributed by atoms with E-state index in [1.54, 1.807) is 0 Å². The molecular formula is C23H38O5. The summed E-state index contributed by atoms with van der Waals surface area (Å²) in [5.74, 6) is -0.863. The van der Waals surface area contributed by atoms with Gasteiger partial charge in [-0.3, -0.25) is 9.59 Å². The van der Waals surface area contributed by atoms with Crippen LogP contribution in [0, 0.1) is 29.1 Å². The molecule has 0 spiro atoms. The summed E-state index contributed by atoms with van der Waals surface area (Å²) in [6, 6.07) is 0. The minimum absolute atomic E-state index is 0.0959. The Bertz CT molecular complexity index is 567. The lowest BCUT2D eigenvalue weighted by atomic mass is 9.77. The van der Waals surface area contributed by atoms with Crippen molar-refractivity contribution in [3.8, 4) is 0 Å². The SMILES string of the molecule is CCCCC(C)(C)[C@@H](O)CC[C@H]1[C@H](O)CC(=O)[C@@H]1CC=CC[C@@H]1C[C@H]1C(=O)O. The molecule has 2 rings (SSSR count). The Morgan fingerprint density at radius 3 is 2.57 bits per heavy atom. The van der Waals surface area contributed by atoms with Crippen molar-refractivity contribution in [3.63, 3.8) is 0 Å². The van der Waals surface area contributed by atoms with E-state index < -0.39 is 18.2 Å². The highest BCUT2D eigenvalue weighted by molar-refractivity contribution is 5.84. The van der Waals surface area contributed by atoms with Crippen molar-refractivity contribution in [1.29, 1.82) is 0 Å². The van der Waals surface area contributed by atoms with E-state index in [1.807, 2.05) is 12.2 Å². The molecule has 0 aromatic heterocycles. The minimum atomic E-state index is -0.715. The smallest absolute Gasteiger partial charge is 0.306 e. The number of carboxylic acid groups (broad SMARTS) is 1. The molecular weight excluding hydrogens is 356 g/mol. The third-order valence-electron chi connectivity index (χ3n) is 6.92. The van der Waals surface area contributed by atoms with Gasteiger partial charge in [0.1, 0.15) is 5.78 Å². The maximum absolute atomic E-state index is 12.3. The molecule has 3 N–H and O–H groups in total. The number of Topliss-reactive ketones (excluding diaryl/α,β-unsaturated/α-hetero) is 1. The lowest BCUT2D eigenvalue weighted by molar-refractivity contribution is -0.138. The zero-order valence-corrected chi connectivity index (χ0v) is 17.6. The molecule has 2 aliphatic rings. The molecule has 2 aliphatic carbocycles. The number of hydrogen-bond donors (Lipinski definition) is 3. The van der Waals surface area contributed by atoms with Gasteiger partial charge in [0.2, 0.25) is 0 Å². The van der Waals surface area contributed by atoms with E-state index in [2.05, 4.69) is 20.8 Å². The van der Waals surface area contributed by atoms with Gasteiger partial charge in [-0.2, -0.15) is 0 Å². The second-order valence-corrected chi connectivity index (χ2v) is 9.58. The monoisotopic (exact) mass is 394 g/mol. The number of rotatable bonds is 12. The second-order valence-electron chi connectivity index (χ2n) is 9.58. The third kappa shape index (κ3) is 6.15. The maximum atomic E-state index is 12.3. The summed E-state index contributed by atoms with van der Waals surface area (Å²) in [6.45, 7) is 6.32. The fourth-order valence-corrected chi connectivity index (χ4v) is 4.58. The molecule has 2 fully saturated rings. The number of ketones is 1. The second kappa shape index (κ2) is 10.0. The van der Waals surface area contributed by atoms with Crippen LogP contribution in [-0.4, -0.2) is 39.3 Å². The van der Waals surface area contributed by atoms with Gasteiger partial charge in [0.15, 0.2) is 0 Å². The predicted octanol–water partition coefficient (Wildman–Crippen LogP) is 3.97. The highest BCUT2D eigenvalue weighted by Gasteiger charge is 2.43. The van der Waals surface area contributed by atoms with Crippen molar-refractivity contribution < 1.29 is 24.9 Å². The van der Waals surface area contributed by atoms with Crippen LogP contribution in [0.25, 0.3) is 0 Å². The molecule has 0 heterocycles. The summed E-state index contributed by atoms with van der Waals surface area (Å²) >= 11 is 0. The largest absolute Gasteiger partial charge is 0.481 e. The zero-order chi connectivity index (χ0) is 20.9. The van der Waals surface area contributed by atoms with Crippen LogP contribution in [0.4, 0.5) is 0 Å². The number of allylic oxidation sites excluding steroid dienone is 2. The van der Waals surface area contributed by atoms with Gasteiger partial charge in [0, 0.05) is 12.3 Å². The number of carbonyl (C=O) groups is 2. The summed E-state index contributed by atoms with van der Waals surface area (Å²) in [6.07, 6.45) is 9.66. The Hall–Kier alpha value is -1.20. The Balaban J connectivity index is 1.82. The standard InChI is InChI=1S/C23H38O5/c1-4-5-12-23(2,3)21(26)11-10-17-16(19(24)14-20(17)25)9-7-6-8-15-13-18(15)22(27)28/h6-7,15-18,20-21,25-26H,4-5,8-14H2,1-3H3,(H,27,28)/t15-,16-,17-,18-,20-,21+/m1/s1. The Labute approximate surface area is 169 Å². The predicted molar refractivity (Wildman–Crippen MR) is 109 cm³/mol. The van der Waals surface area contributed by atoms with Crippen LogP contribution >= 0.6 is 0 Å². The van der Waals surface area contributed by atoms with Crippen LogP contribution < -0.4 is 0 Å². The molecule has 0 unspecified atom stereocenters. The Morgan fingerprint density at radius 2 is 1.96 bits per heavy atom. The van der Waals surface area contributed by atoms with Gasteiger partial charge < -0.3 is 15.3 Å². The van der Waals surface area contributed by atoms with E-state index in [4.69, 9.17) is 5.11 Å². The normalized spacial score (nSPS) is 31.5. The highest BCUT2D eigenvalue weighted by atomic mass is 16.4. The van der Waals surface area contributed by atoms with Gasteiger partial charge in [-0.05, 0) is 55.8 Å². The molecule has 0 bridgehead atoms. The van der Waals surface area contributed by atoms with Crippen LogP contribution in [0.3, 0.4) is 0 Å². The van der Waals surface area contributed by atoms with Crippen molar-refractivity contribution >= 4 is 11.8 Å². The number of aliphatic hydroxyl groups excluding tert-OH is 2. The number of aliphatic carboxylic acids is 1. The number of carbonyl (C=O) groups excluding carboxylic acids is 1. The molecule has 0 saturated heterocycles. The summed E-state index contributed by atoms with van der Waals surface area (Å²) < 4.78 is 0. The van der Waals surface area contributed by atoms with Crippen LogP contribution in [0.15, 0.2) is 12.2 Å². The Morgan fingerprint density at radius 1 is 1.29 bits per heavy atom. The molecule has 0 amide bonds. The van der Waals surface area contributed by atoms with E-state index in [0.29, 0.717) is 19.3 Å². The van der Waals surface area contributed by atoms with E-state index in [0.717, 1.165) is 32.1 Å². The van der Waals surface area contributed by atoms with Crippen molar-refractivity contribution in [2.75, 3.05) is 0 Å². The highest BCUT2D eigenvalue weighted by Crippen LogP contribution is 2.42. The van der Waals surface area contributed by atoms with E-state index in [9.17, 15) is 19.8 Å². The molecule has 0 aromatic rings. The van der Waals surface area contributed by atoms with Crippen LogP contribution in [0.2, 0.25) is 0 Å². The van der Waals surface area contributed by atoms with Crippen LogP contribution in [0.5, 0.6) is 0 Å². The molecule has 28 heavy (non-hydrogen) atoms. The molecule has 0 aliphatic heterocycles. The van der Waals surface area contributed by atoms with E-state index in [1.165, 1.54) is 0 Å². The molecule has 2 saturated carbocycles. The van der Waals surface area contributed by atoms with Gasteiger partial charge in [0.25, 0.3) is 0 Å². The molecule has 5 nitrogen and oxygen atoms in total. The first-order valence-corrected chi connectivity index (χ1v) is 10.9. The summed E-state index contributed by atoms with van der Waals surface area (Å²) in [5, 5.41) is 29.9. The molecule has 5 heteroatoms. The maximum Gasteiger partial charge on any atom is 0.306 e. The number of aliphatic hydroxyl groups is 2. The first-order valence-electron chi connectivity index (χ1n) is 10.9. The van der Waals surface area contributed by atoms with Gasteiger partial charge in [0.05, 0.1) is 18.1 Å². The van der Waals surface area contributed by atoms with Gasteiger partial charge in [-0.1, -0.05) is 45.8 Å². The van der Waals surface area contributed by atoms with Crippen molar-refractivity contribution in [2.24, 2.45) is 29.1 Å². The first-order chi connectivity index (χ1) is 13.2. The number of hydrogen-bond acceptors (Lipinski definition) is 4. The molecule has 6 atom stereocenters. The van der Waals surface area contributed by atoms with E-state index in [-0.39, 0.29) is 41.3 Å². The van der Waals surface area contributed by atoms with Gasteiger partial charge in [-0.25, -0.2) is 0 Å². The molecule has 0 radical (unpaired) electrons. The summed E-state index contributed by atoms with van der Waals surface area (Å²) in [7, 11) is 0. The number of unbranched alkanes of at least 4 members (excludes halogenated alkanes) is 1. The van der Waals surface area contributed by atoms with Crippen molar-refractivity contribution in [2.45, 2.75) is 90.8 Å². The summed E-state index contributed by atoms with van der Waals surface area (Å²) in [5.41, 5.74) is -0.149. The minimum Gasteiger partial charge on any atom is -0.481 e.